The zero-order chi connectivity index (χ0) is 26.2. The molecular formula is C25H22F3N5O3. The fraction of sp³-hybridized carbons (Fsp3) is 0.240. The molecule has 8 nitrogen and oxygen atoms in total. The van der Waals surface area contributed by atoms with E-state index in [-0.39, 0.29) is 41.1 Å². The number of ether oxygens (including phenoxy) is 1. The van der Waals surface area contributed by atoms with Gasteiger partial charge in [0.2, 0.25) is 5.88 Å². The van der Waals surface area contributed by atoms with Crippen LogP contribution >= 0.6 is 0 Å². The van der Waals surface area contributed by atoms with E-state index < -0.39 is 28.6 Å². The largest absolute Gasteiger partial charge is 0.471 e. The molecule has 4 aromatic rings. The average molecular weight is 497 g/mol. The molecule has 0 radical (unpaired) electrons. The van der Waals surface area contributed by atoms with Crippen LogP contribution in [0.3, 0.4) is 0 Å². The minimum Gasteiger partial charge on any atom is -0.471 e. The van der Waals surface area contributed by atoms with E-state index in [9.17, 15) is 23.1 Å². The van der Waals surface area contributed by atoms with E-state index in [4.69, 9.17) is 4.74 Å². The van der Waals surface area contributed by atoms with Crippen LogP contribution in [0.4, 0.5) is 13.2 Å². The smallest absolute Gasteiger partial charge is 0.264 e. The lowest BCUT2D eigenvalue weighted by Gasteiger charge is -2.17. The number of aliphatic hydroxyl groups is 1. The molecule has 0 atom stereocenters. The molecule has 0 spiro atoms. The van der Waals surface area contributed by atoms with E-state index in [0.29, 0.717) is 17.3 Å². The summed E-state index contributed by atoms with van der Waals surface area (Å²) >= 11 is 0. The quantitative estimate of drug-likeness (QED) is 0.431. The van der Waals surface area contributed by atoms with Crippen LogP contribution in [0.25, 0.3) is 16.9 Å². The zero-order valence-corrected chi connectivity index (χ0v) is 19.9. The Hall–Kier alpha value is -4.12. The third-order valence-corrected chi connectivity index (χ3v) is 5.33. The molecule has 1 N–H and O–H groups in total. The summed E-state index contributed by atoms with van der Waals surface area (Å²) in [6.07, 6.45) is 1.85. The first-order valence-corrected chi connectivity index (χ1v) is 10.8. The second-order valence-electron chi connectivity index (χ2n) is 8.60. The molecule has 0 aliphatic rings. The van der Waals surface area contributed by atoms with Crippen LogP contribution in [0.15, 0.2) is 47.5 Å². The van der Waals surface area contributed by atoms with Crippen LogP contribution < -0.4 is 10.3 Å². The summed E-state index contributed by atoms with van der Waals surface area (Å²) in [7, 11) is 0. The first-order valence-electron chi connectivity index (χ1n) is 10.8. The lowest BCUT2D eigenvalue weighted by atomic mass is 10.1. The van der Waals surface area contributed by atoms with Gasteiger partial charge in [0.05, 0.1) is 23.6 Å². The van der Waals surface area contributed by atoms with Crippen molar-refractivity contribution in [2.45, 2.75) is 39.9 Å². The minimum absolute atomic E-state index is 0.0212. The van der Waals surface area contributed by atoms with E-state index in [0.717, 1.165) is 12.4 Å². The Balaban J connectivity index is 1.70. The van der Waals surface area contributed by atoms with E-state index in [1.54, 1.807) is 31.2 Å². The number of pyridine rings is 1. The monoisotopic (exact) mass is 497 g/mol. The molecule has 3 heterocycles. The lowest BCUT2D eigenvalue weighted by molar-refractivity contribution is 0.0686. The summed E-state index contributed by atoms with van der Waals surface area (Å²) in [5.41, 5.74) is -1.10. The molecule has 36 heavy (non-hydrogen) atoms. The van der Waals surface area contributed by atoms with E-state index in [1.807, 2.05) is 0 Å². The van der Waals surface area contributed by atoms with Crippen molar-refractivity contribution >= 4 is 0 Å². The van der Waals surface area contributed by atoms with E-state index in [1.165, 1.54) is 25.3 Å². The number of hydrogen-bond donors (Lipinski definition) is 1. The summed E-state index contributed by atoms with van der Waals surface area (Å²) in [6.45, 7) is 5.70. The van der Waals surface area contributed by atoms with Gasteiger partial charge in [0.15, 0.2) is 17.5 Å². The van der Waals surface area contributed by atoms with Gasteiger partial charge in [0.1, 0.15) is 35.2 Å². The van der Waals surface area contributed by atoms with Crippen molar-refractivity contribution in [1.29, 1.82) is 0 Å². The number of aryl methyl sites for hydroxylation is 1. The molecule has 4 rings (SSSR count). The number of hydrogen-bond acceptors (Lipinski definition) is 7. The number of benzene rings is 1. The Bertz CT molecular complexity index is 1520. The van der Waals surface area contributed by atoms with E-state index in [2.05, 4.69) is 19.9 Å². The molecule has 1 aromatic carbocycles. The molecule has 0 bridgehead atoms. The Kier molecular flexibility index (Phi) is 6.59. The highest BCUT2D eigenvalue weighted by Gasteiger charge is 2.22. The molecule has 11 heteroatoms. The van der Waals surface area contributed by atoms with Crippen LogP contribution in [0.5, 0.6) is 5.88 Å². The van der Waals surface area contributed by atoms with Crippen molar-refractivity contribution in [2.24, 2.45) is 0 Å². The summed E-state index contributed by atoms with van der Waals surface area (Å²) in [5, 5.41) is 10.2. The Morgan fingerprint density at radius 2 is 1.78 bits per heavy atom. The number of halogens is 3. The first-order chi connectivity index (χ1) is 17.0. The number of nitrogens with zero attached hydrogens (tertiary/aromatic N) is 5. The molecule has 0 aliphatic carbocycles. The van der Waals surface area contributed by atoms with Gasteiger partial charge in [-0.05, 0) is 39.8 Å². The van der Waals surface area contributed by atoms with Gasteiger partial charge in [0.25, 0.3) is 5.56 Å². The third kappa shape index (κ3) is 4.96. The standard InChI is InChI=1S/C25H22F3N5O3/c1-13-22(36-12-20-18(27)9-16(26)10-29-20)31-14(2)33(23(13)34)17-7-5-6-15(8-17)21-19(28)11-30-24(32-21)25(3,4)35/h5-11,35H,12H2,1-4H3. The second kappa shape index (κ2) is 9.50. The molecule has 3 aromatic heterocycles. The van der Waals surface area contributed by atoms with Gasteiger partial charge in [0, 0.05) is 11.6 Å². The van der Waals surface area contributed by atoms with Crippen molar-refractivity contribution in [2.75, 3.05) is 0 Å². The van der Waals surface area contributed by atoms with Crippen molar-refractivity contribution < 1.29 is 23.0 Å². The Labute approximate surface area is 204 Å². The van der Waals surface area contributed by atoms with Crippen LogP contribution in [0, 0.1) is 31.3 Å². The van der Waals surface area contributed by atoms with Crippen LogP contribution in [0.1, 0.15) is 36.8 Å². The van der Waals surface area contributed by atoms with Crippen LogP contribution in [-0.2, 0) is 12.2 Å². The molecule has 0 saturated heterocycles. The Morgan fingerprint density at radius 3 is 2.47 bits per heavy atom. The summed E-state index contributed by atoms with van der Waals surface area (Å²) in [6, 6.07) is 7.14. The number of rotatable bonds is 6. The molecule has 0 saturated carbocycles. The van der Waals surface area contributed by atoms with Gasteiger partial charge in [-0.15, -0.1) is 0 Å². The predicted octanol–water partition coefficient (Wildman–Crippen LogP) is 3.93. The SMILES string of the molecule is Cc1c(OCc2ncc(F)cc2F)nc(C)n(-c2cccc(-c3nc(C(C)(C)O)ncc3F)c2)c1=O. The van der Waals surface area contributed by atoms with Gasteiger partial charge in [-0.3, -0.25) is 14.3 Å². The fourth-order valence-corrected chi connectivity index (χ4v) is 3.47. The summed E-state index contributed by atoms with van der Waals surface area (Å²) < 4.78 is 48.4. The van der Waals surface area contributed by atoms with Gasteiger partial charge in [-0.1, -0.05) is 12.1 Å². The average Bonchev–Trinajstić information content (AvgIpc) is 2.81. The topological polar surface area (TPSA) is 103 Å². The van der Waals surface area contributed by atoms with Gasteiger partial charge in [-0.25, -0.2) is 23.1 Å². The van der Waals surface area contributed by atoms with Crippen molar-refractivity contribution in [3.8, 4) is 22.8 Å². The maximum atomic E-state index is 14.6. The normalized spacial score (nSPS) is 11.6. The van der Waals surface area contributed by atoms with Crippen molar-refractivity contribution in [1.82, 2.24) is 24.5 Å². The van der Waals surface area contributed by atoms with Crippen molar-refractivity contribution in [3.63, 3.8) is 0 Å². The molecule has 0 aliphatic heterocycles. The molecule has 186 valence electrons. The third-order valence-electron chi connectivity index (χ3n) is 5.33. The highest BCUT2D eigenvalue weighted by Crippen LogP contribution is 2.26. The maximum absolute atomic E-state index is 14.6. The number of aromatic nitrogens is 5. The molecule has 0 fully saturated rings. The summed E-state index contributed by atoms with van der Waals surface area (Å²) in [5.74, 6) is -2.10. The molecule has 0 unspecified atom stereocenters. The maximum Gasteiger partial charge on any atom is 0.264 e. The van der Waals surface area contributed by atoms with Crippen LogP contribution in [-0.4, -0.2) is 29.6 Å². The second-order valence-corrected chi connectivity index (χ2v) is 8.60. The zero-order valence-electron chi connectivity index (χ0n) is 19.9. The lowest BCUT2D eigenvalue weighted by Crippen LogP contribution is -2.25. The van der Waals surface area contributed by atoms with Crippen molar-refractivity contribution in [3.05, 3.63) is 93.4 Å². The Morgan fingerprint density at radius 1 is 1.03 bits per heavy atom. The molecule has 0 amide bonds. The first kappa shape index (κ1) is 25.0. The van der Waals surface area contributed by atoms with Gasteiger partial charge in [-0.2, -0.15) is 4.98 Å². The van der Waals surface area contributed by atoms with Gasteiger partial charge < -0.3 is 9.84 Å². The highest BCUT2D eigenvalue weighted by molar-refractivity contribution is 5.63. The highest BCUT2D eigenvalue weighted by atomic mass is 19.1. The van der Waals surface area contributed by atoms with Crippen LogP contribution in [0.2, 0.25) is 0 Å². The van der Waals surface area contributed by atoms with E-state index >= 15 is 0 Å². The minimum atomic E-state index is -1.38. The fourth-order valence-electron chi connectivity index (χ4n) is 3.47. The predicted molar refractivity (Wildman–Crippen MR) is 124 cm³/mol. The summed E-state index contributed by atoms with van der Waals surface area (Å²) in [4.78, 5) is 29.2. The molecular weight excluding hydrogens is 475 g/mol. The van der Waals surface area contributed by atoms with Gasteiger partial charge >= 0.3 is 0 Å².